The fraction of sp³-hybridized carbons (Fsp3) is 0.571. The number of terminal acetylenes is 1. The number of rotatable bonds is 4. The Kier molecular flexibility index (Phi) is 7.87. The van der Waals surface area contributed by atoms with Gasteiger partial charge in [-0.05, 0) is 73.6 Å². The maximum Gasteiger partial charge on any atom is 0.332 e. The SMILES string of the molecule is C#CCN1CCC(S(=O)(=O)NC(=O)Nc2c3c(cc4c2CCC4)CCC3)CC1.[K]. The maximum atomic E-state index is 12.7. The van der Waals surface area contributed by atoms with Crippen LogP contribution >= 0.6 is 0 Å². The van der Waals surface area contributed by atoms with E-state index in [0.717, 1.165) is 44.2 Å². The number of nitrogens with zero attached hydrogens (tertiary/aromatic N) is 1. The second-order valence-corrected chi connectivity index (χ2v) is 9.98. The van der Waals surface area contributed by atoms with Crippen molar-refractivity contribution in [3.05, 3.63) is 28.3 Å². The minimum absolute atomic E-state index is 0. The van der Waals surface area contributed by atoms with E-state index in [1.807, 2.05) is 0 Å². The van der Waals surface area contributed by atoms with E-state index in [-0.39, 0.29) is 51.4 Å². The van der Waals surface area contributed by atoms with Crippen molar-refractivity contribution in [2.75, 3.05) is 25.0 Å². The largest absolute Gasteiger partial charge is 0.332 e. The zero-order valence-corrected chi connectivity index (χ0v) is 21.0. The van der Waals surface area contributed by atoms with Crippen molar-refractivity contribution in [2.45, 2.75) is 56.6 Å². The van der Waals surface area contributed by atoms with Crippen LogP contribution in [0.5, 0.6) is 0 Å². The summed E-state index contributed by atoms with van der Waals surface area (Å²) >= 11 is 0. The molecule has 2 amide bonds. The van der Waals surface area contributed by atoms with Crippen LogP contribution < -0.4 is 10.0 Å². The second-order valence-electron chi connectivity index (χ2n) is 8.01. The van der Waals surface area contributed by atoms with Gasteiger partial charge in [-0.15, -0.1) is 6.42 Å². The second kappa shape index (κ2) is 9.82. The average Bonchev–Trinajstić information content (AvgIpc) is 3.31. The van der Waals surface area contributed by atoms with Gasteiger partial charge in [-0.2, -0.15) is 0 Å². The summed E-state index contributed by atoms with van der Waals surface area (Å²) < 4.78 is 27.6. The molecule has 0 spiro atoms. The first kappa shape index (κ1) is 23.3. The van der Waals surface area contributed by atoms with Gasteiger partial charge >= 0.3 is 6.03 Å². The van der Waals surface area contributed by atoms with Crippen LogP contribution in [0, 0.1) is 12.3 Å². The molecule has 0 aromatic heterocycles. The molecule has 0 unspecified atom stereocenters. The Labute approximate surface area is 216 Å². The van der Waals surface area contributed by atoms with Crippen LogP contribution in [0.2, 0.25) is 0 Å². The molecule has 1 aromatic rings. The number of hydrogen-bond acceptors (Lipinski definition) is 4. The van der Waals surface area contributed by atoms with E-state index in [1.54, 1.807) is 0 Å². The van der Waals surface area contributed by atoms with Crippen LogP contribution in [0.25, 0.3) is 0 Å². The molecular formula is C21H27KN3O3S. The van der Waals surface area contributed by atoms with Gasteiger partial charge in [-0.3, -0.25) is 4.90 Å². The van der Waals surface area contributed by atoms with Gasteiger partial charge < -0.3 is 5.32 Å². The smallest absolute Gasteiger partial charge is 0.307 e. The maximum absolute atomic E-state index is 12.7. The number of benzene rings is 1. The van der Waals surface area contributed by atoms with Crippen LogP contribution in [0.1, 0.15) is 47.9 Å². The third kappa shape index (κ3) is 5.09. The molecule has 0 saturated carbocycles. The van der Waals surface area contributed by atoms with E-state index < -0.39 is 21.3 Å². The number of carbonyl (C=O) groups excluding carboxylic acids is 1. The van der Waals surface area contributed by atoms with Crippen molar-refractivity contribution in [3.8, 4) is 12.3 Å². The number of nitrogens with one attached hydrogen (secondary N) is 2. The summed E-state index contributed by atoms with van der Waals surface area (Å²) in [6, 6.07) is 1.65. The Morgan fingerprint density at radius 1 is 1.10 bits per heavy atom. The molecule has 0 atom stereocenters. The summed E-state index contributed by atoms with van der Waals surface area (Å²) in [5.41, 5.74) is 5.85. The van der Waals surface area contributed by atoms with Crippen molar-refractivity contribution in [3.63, 3.8) is 0 Å². The fourth-order valence-corrected chi connectivity index (χ4v) is 6.13. The molecule has 1 aromatic carbocycles. The Bertz CT molecular complexity index is 899. The van der Waals surface area contributed by atoms with Gasteiger partial charge in [0.05, 0.1) is 11.8 Å². The van der Waals surface area contributed by atoms with Crippen LogP contribution in [-0.4, -0.2) is 95.6 Å². The van der Waals surface area contributed by atoms with Gasteiger partial charge in [0.15, 0.2) is 0 Å². The number of aryl methyl sites for hydroxylation is 2. The number of sulfonamides is 1. The number of amides is 2. The van der Waals surface area contributed by atoms with E-state index in [2.05, 4.69) is 26.9 Å². The van der Waals surface area contributed by atoms with Crippen molar-refractivity contribution in [2.24, 2.45) is 0 Å². The molecule has 3 aliphatic rings. The van der Waals surface area contributed by atoms with E-state index in [0.29, 0.717) is 32.5 Å². The quantitative estimate of drug-likeness (QED) is 0.553. The van der Waals surface area contributed by atoms with Crippen molar-refractivity contribution in [1.82, 2.24) is 9.62 Å². The van der Waals surface area contributed by atoms with Gasteiger partial charge in [0.25, 0.3) is 0 Å². The van der Waals surface area contributed by atoms with E-state index in [4.69, 9.17) is 6.42 Å². The first-order valence-electron chi connectivity index (χ1n) is 10.1. The summed E-state index contributed by atoms with van der Waals surface area (Å²) in [5, 5.41) is 2.34. The molecule has 1 fully saturated rings. The summed E-state index contributed by atoms with van der Waals surface area (Å²) in [6.45, 7) is 1.80. The summed E-state index contributed by atoms with van der Waals surface area (Å²) in [7, 11) is -3.71. The summed E-state index contributed by atoms with van der Waals surface area (Å²) in [5.74, 6) is 2.59. The van der Waals surface area contributed by atoms with Gasteiger partial charge in [0.2, 0.25) is 10.0 Å². The first-order valence-corrected chi connectivity index (χ1v) is 11.7. The van der Waals surface area contributed by atoms with Gasteiger partial charge in [-0.25, -0.2) is 17.9 Å². The molecular weight excluding hydrogens is 413 g/mol. The molecule has 8 heteroatoms. The molecule has 1 aliphatic heterocycles. The number of carbonyl (C=O) groups is 1. The average molecular weight is 441 g/mol. The molecule has 1 saturated heterocycles. The van der Waals surface area contributed by atoms with Crippen LogP contribution in [0.4, 0.5) is 10.5 Å². The number of urea groups is 1. The first-order chi connectivity index (χ1) is 13.5. The Morgan fingerprint density at radius 2 is 1.69 bits per heavy atom. The molecule has 4 rings (SSSR count). The fourth-order valence-electron chi connectivity index (χ4n) is 4.83. The molecule has 151 valence electrons. The normalized spacial score (nSPS) is 19.0. The topological polar surface area (TPSA) is 78.5 Å². The van der Waals surface area contributed by atoms with E-state index >= 15 is 0 Å². The standard InChI is InChI=1S/C21H27N3O3S.K/c1-2-11-24-12-9-17(10-13-24)28(26,27)23-21(25)22-20-18-7-3-5-15(18)14-16-6-4-8-19(16)20;/h1,14,17H,3-13H2,(H2,22,23,25);. The Balaban J connectivity index is 0.00000240. The number of likely N-dealkylation sites (tertiary alicyclic amines) is 1. The summed E-state index contributed by atoms with van der Waals surface area (Å²) in [6.07, 6.45) is 12.4. The zero-order chi connectivity index (χ0) is 19.7. The van der Waals surface area contributed by atoms with Crippen LogP contribution in [-0.2, 0) is 35.7 Å². The van der Waals surface area contributed by atoms with Crippen molar-refractivity contribution >= 4 is 73.1 Å². The molecule has 2 N–H and O–H groups in total. The minimum atomic E-state index is -3.71. The number of piperidine rings is 1. The number of hydrogen-bond donors (Lipinski definition) is 2. The molecule has 6 nitrogen and oxygen atoms in total. The van der Waals surface area contributed by atoms with E-state index in [9.17, 15) is 13.2 Å². The predicted molar refractivity (Wildman–Crippen MR) is 116 cm³/mol. The van der Waals surface area contributed by atoms with E-state index in [1.165, 1.54) is 22.3 Å². The summed E-state index contributed by atoms with van der Waals surface area (Å²) in [4.78, 5) is 14.7. The number of anilines is 1. The third-order valence-electron chi connectivity index (χ3n) is 6.23. The van der Waals surface area contributed by atoms with Gasteiger partial charge in [-0.1, -0.05) is 12.0 Å². The van der Waals surface area contributed by atoms with Gasteiger partial charge in [0, 0.05) is 70.2 Å². The monoisotopic (exact) mass is 440 g/mol. The predicted octanol–water partition coefficient (Wildman–Crippen LogP) is 1.83. The third-order valence-corrected chi connectivity index (χ3v) is 8.05. The van der Waals surface area contributed by atoms with Gasteiger partial charge in [0.1, 0.15) is 0 Å². The zero-order valence-electron chi connectivity index (χ0n) is 17.1. The molecule has 1 heterocycles. The minimum Gasteiger partial charge on any atom is -0.307 e. The molecule has 1 radical (unpaired) electrons. The van der Waals surface area contributed by atoms with Crippen molar-refractivity contribution < 1.29 is 13.2 Å². The Hall–Kier alpha value is -0.404. The molecule has 29 heavy (non-hydrogen) atoms. The van der Waals surface area contributed by atoms with Crippen molar-refractivity contribution in [1.29, 1.82) is 0 Å². The Morgan fingerprint density at radius 3 is 2.24 bits per heavy atom. The van der Waals surface area contributed by atoms with Crippen LogP contribution in [0.3, 0.4) is 0 Å². The number of fused-ring (bicyclic) bond motifs is 2. The molecule has 2 aliphatic carbocycles. The van der Waals surface area contributed by atoms with Crippen LogP contribution in [0.15, 0.2) is 6.07 Å². The molecule has 0 bridgehead atoms.